The van der Waals surface area contributed by atoms with Crippen molar-refractivity contribution in [1.29, 1.82) is 0 Å². The third kappa shape index (κ3) is 2.58. The Morgan fingerprint density at radius 2 is 1.79 bits per heavy atom. The second-order valence-electron chi connectivity index (χ2n) is 5.10. The van der Waals surface area contributed by atoms with Gasteiger partial charge in [-0.2, -0.15) is 0 Å². The summed E-state index contributed by atoms with van der Waals surface area (Å²) >= 11 is 3.21. The Labute approximate surface area is 121 Å². The molecule has 0 spiro atoms. The molecule has 19 heavy (non-hydrogen) atoms. The maximum absolute atomic E-state index is 14.2. The highest BCUT2D eigenvalue weighted by Crippen LogP contribution is 2.32. The van der Waals surface area contributed by atoms with Crippen LogP contribution in [0.5, 0.6) is 0 Å². The van der Waals surface area contributed by atoms with Crippen LogP contribution in [-0.4, -0.2) is 0 Å². The van der Waals surface area contributed by atoms with Crippen molar-refractivity contribution in [3.8, 4) is 0 Å². The lowest BCUT2D eigenvalue weighted by Gasteiger charge is -2.27. The van der Waals surface area contributed by atoms with Gasteiger partial charge in [-0.3, -0.25) is 0 Å². The van der Waals surface area contributed by atoms with E-state index in [1.165, 1.54) is 5.56 Å². The van der Waals surface area contributed by atoms with Gasteiger partial charge in [-0.25, -0.2) is 4.39 Å². The summed E-state index contributed by atoms with van der Waals surface area (Å²) in [6.07, 6.45) is 0. The SMILES string of the molecule is Cc1ccc(C(C)(N)c2cccc(Br)c2F)cc1C. The minimum atomic E-state index is -0.855. The molecule has 0 amide bonds. The number of benzene rings is 2. The number of rotatable bonds is 2. The summed E-state index contributed by atoms with van der Waals surface area (Å²) in [7, 11) is 0. The summed E-state index contributed by atoms with van der Waals surface area (Å²) in [5.41, 5.74) is 9.29. The van der Waals surface area contributed by atoms with Gasteiger partial charge in [0.05, 0.1) is 10.0 Å². The highest BCUT2D eigenvalue weighted by molar-refractivity contribution is 9.10. The van der Waals surface area contributed by atoms with Gasteiger partial charge in [-0.1, -0.05) is 30.3 Å². The molecule has 0 bridgehead atoms. The Morgan fingerprint density at radius 1 is 1.11 bits per heavy atom. The molecule has 2 N–H and O–H groups in total. The van der Waals surface area contributed by atoms with Crippen LogP contribution >= 0.6 is 15.9 Å². The van der Waals surface area contributed by atoms with Gasteiger partial charge in [-0.15, -0.1) is 0 Å². The molecule has 2 aromatic rings. The van der Waals surface area contributed by atoms with E-state index in [0.717, 1.165) is 11.1 Å². The van der Waals surface area contributed by atoms with Crippen LogP contribution in [0.25, 0.3) is 0 Å². The average molecular weight is 322 g/mol. The van der Waals surface area contributed by atoms with Crippen LogP contribution in [0.15, 0.2) is 40.9 Å². The third-order valence-electron chi connectivity index (χ3n) is 3.62. The molecule has 0 saturated carbocycles. The molecule has 0 aliphatic carbocycles. The summed E-state index contributed by atoms with van der Waals surface area (Å²) < 4.78 is 14.7. The van der Waals surface area contributed by atoms with Crippen molar-refractivity contribution >= 4 is 15.9 Å². The second kappa shape index (κ2) is 5.06. The van der Waals surface area contributed by atoms with Gasteiger partial charge in [0.25, 0.3) is 0 Å². The number of hydrogen-bond acceptors (Lipinski definition) is 1. The summed E-state index contributed by atoms with van der Waals surface area (Å²) in [5.74, 6) is -0.300. The Morgan fingerprint density at radius 3 is 2.42 bits per heavy atom. The lowest BCUT2D eigenvalue weighted by atomic mass is 9.84. The van der Waals surface area contributed by atoms with Crippen molar-refractivity contribution in [1.82, 2.24) is 0 Å². The van der Waals surface area contributed by atoms with Crippen LogP contribution < -0.4 is 5.73 Å². The lowest BCUT2D eigenvalue weighted by Crippen LogP contribution is -2.35. The Hall–Kier alpha value is -1.19. The second-order valence-corrected chi connectivity index (χ2v) is 5.96. The molecule has 2 rings (SSSR count). The molecule has 0 aliphatic heterocycles. The standard InChI is InChI=1S/C16H17BrFN/c1-10-7-8-12(9-11(10)2)16(3,19)13-5-4-6-14(17)15(13)18/h4-9H,19H2,1-3H3. The van der Waals surface area contributed by atoms with Crippen molar-refractivity contribution in [2.75, 3.05) is 0 Å². The van der Waals surface area contributed by atoms with Crippen LogP contribution in [0.2, 0.25) is 0 Å². The first-order valence-corrected chi connectivity index (χ1v) is 6.94. The van der Waals surface area contributed by atoms with E-state index >= 15 is 0 Å². The Balaban J connectivity index is 2.58. The molecule has 0 heterocycles. The van der Waals surface area contributed by atoms with Crippen molar-refractivity contribution in [3.63, 3.8) is 0 Å². The van der Waals surface area contributed by atoms with E-state index < -0.39 is 5.54 Å². The first-order chi connectivity index (χ1) is 8.84. The topological polar surface area (TPSA) is 26.0 Å². The molecule has 100 valence electrons. The van der Waals surface area contributed by atoms with E-state index in [-0.39, 0.29) is 5.82 Å². The minimum absolute atomic E-state index is 0.300. The lowest BCUT2D eigenvalue weighted by molar-refractivity contribution is 0.527. The summed E-state index contributed by atoms with van der Waals surface area (Å²) in [6, 6.07) is 11.2. The molecule has 0 aromatic heterocycles. The number of aryl methyl sites for hydroxylation is 2. The number of nitrogens with two attached hydrogens (primary N) is 1. The molecule has 0 aliphatic rings. The molecule has 1 atom stereocenters. The van der Waals surface area contributed by atoms with E-state index in [9.17, 15) is 4.39 Å². The largest absolute Gasteiger partial charge is 0.318 e. The maximum Gasteiger partial charge on any atom is 0.142 e. The fraction of sp³-hybridized carbons (Fsp3) is 0.250. The third-order valence-corrected chi connectivity index (χ3v) is 4.23. The quantitative estimate of drug-likeness (QED) is 0.870. The molecule has 0 radical (unpaired) electrons. The van der Waals surface area contributed by atoms with Crippen molar-refractivity contribution in [2.45, 2.75) is 26.3 Å². The van der Waals surface area contributed by atoms with Gasteiger partial charge in [0.15, 0.2) is 0 Å². The van der Waals surface area contributed by atoms with Gasteiger partial charge < -0.3 is 5.73 Å². The Bertz CT molecular complexity index is 620. The summed E-state index contributed by atoms with van der Waals surface area (Å²) in [6.45, 7) is 5.92. The molecule has 0 saturated heterocycles. The fourth-order valence-corrected chi connectivity index (χ4v) is 2.49. The van der Waals surface area contributed by atoms with Crippen molar-refractivity contribution < 1.29 is 4.39 Å². The summed E-state index contributed by atoms with van der Waals surface area (Å²) in [5, 5.41) is 0. The molecular formula is C16H17BrFN. The first kappa shape index (κ1) is 14.2. The van der Waals surface area contributed by atoms with E-state index in [1.54, 1.807) is 18.2 Å². The van der Waals surface area contributed by atoms with Crippen LogP contribution in [0.1, 0.15) is 29.2 Å². The van der Waals surface area contributed by atoms with Crippen molar-refractivity contribution in [3.05, 3.63) is 68.9 Å². The van der Waals surface area contributed by atoms with Crippen LogP contribution in [-0.2, 0) is 5.54 Å². The zero-order chi connectivity index (χ0) is 14.2. The molecule has 3 heteroatoms. The van der Waals surface area contributed by atoms with Crippen LogP contribution in [0, 0.1) is 19.7 Å². The van der Waals surface area contributed by atoms with Crippen LogP contribution in [0.4, 0.5) is 4.39 Å². The first-order valence-electron chi connectivity index (χ1n) is 6.15. The van der Waals surface area contributed by atoms with E-state index in [0.29, 0.717) is 10.0 Å². The van der Waals surface area contributed by atoms with Crippen molar-refractivity contribution in [2.24, 2.45) is 5.73 Å². The zero-order valence-corrected chi connectivity index (χ0v) is 12.9. The van der Waals surface area contributed by atoms with Gasteiger partial charge in [-0.05, 0) is 59.5 Å². The molecule has 1 unspecified atom stereocenters. The van der Waals surface area contributed by atoms with Gasteiger partial charge >= 0.3 is 0 Å². The highest BCUT2D eigenvalue weighted by Gasteiger charge is 2.28. The van der Waals surface area contributed by atoms with Crippen LogP contribution in [0.3, 0.4) is 0 Å². The smallest absolute Gasteiger partial charge is 0.142 e. The molecule has 1 nitrogen and oxygen atoms in total. The highest BCUT2D eigenvalue weighted by atomic mass is 79.9. The molecular weight excluding hydrogens is 305 g/mol. The Kier molecular flexibility index (Phi) is 3.79. The van der Waals surface area contributed by atoms with Gasteiger partial charge in [0.1, 0.15) is 5.82 Å². The van der Waals surface area contributed by atoms with E-state index in [2.05, 4.69) is 15.9 Å². The molecule has 2 aromatic carbocycles. The fourth-order valence-electron chi connectivity index (χ4n) is 2.12. The number of hydrogen-bond donors (Lipinski definition) is 1. The van der Waals surface area contributed by atoms with Gasteiger partial charge in [0.2, 0.25) is 0 Å². The average Bonchev–Trinajstić information content (AvgIpc) is 2.35. The monoisotopic (exact) mass is 321 g/mol. The van der Waals surface area contributed by atoms with E-state index in [4.69, 9.17) is 5.73 Å². The minimum Gasteiger partial charge on any atom is -0.318 e. The van der Waals surface area contributed by atoms with Gasteiger partial charge in [0, 0.05) is 5.56 Å². The zero-order valence-electron chi connectivity index (χ0n) is 11.3. The normalized spacial score (nSPS) is 14.2. The summed E-state index contributed by atoms with van der Waals surface area (Å²) in [4.78, 5) is 0. The predicted octanol–water partition coefficient (Wildman–Crippen LogP) is 4.43. The predicted molar refractivity (Wildman–Crippen MR) is 80.7 cm³/mol. The van der Waals surface area contributed by atoms with E-state index in [1.807, 2.05) is 39.0 Å². The maximum atomic E-state index is 14.2. The molecule has 0 fully saturated rings. The number of halogens is 2.